The van der Waals surface area contributed by atoms with Crippen molar-refractivity contribution in [2.75, 3.05) is 0 Å². The third-order valence-corrected chi connectivity index (χ3v) is 2.06. The Morgan fingerprint density at radius 2 is 2.33 bits per heavy atom. The number of halogens is 1. The van der Waals surface area contributed by atoms with Crippen LogP contribution in [0.15, 0.2) is 18.3 Å². The first-order valence-electron chi connectivity index (χ1n) is 3.67. The molecule has 2 unspecified atom stereocenters. The van der Waals surface area contributed by atoms with Gasteiger partial charge in [-0.1, -0.05) is 6.07 Å². The highest BCUT2D eigenvalue weighted by Crippen LogP contribution is 2.34. The van der Waals surface area contributed by atoms with E-state index in [-0.39, 0.29) is 18.4 Å². The number of pyridine rings is 1. The van der Waals surface area contributed by atoms with Gasteiger partial charge in [0.05, 0.1) is 17.8 Å². The number of aromatic nitrogens is 1. The molecule has 1 aliphatic rings. The zero-order chi connectivity index (χ0) is 7.84. The molecule has 4 heteroatoms. The summed E-state index contributed by atoms with van der Waals surface area (Å²) in [6.45, 7) is 0. The van der Waals surface area contributed by atoms with Crippen LogP contribution in [0.5, 0.6) is 0 Å². The van der Waals surface area contributed by atoms with E-state index in [9.17, 15) is 5.11 Å². The van der Waals surface area contributed by atoms with Crippen LogP contribution in [0.3, 0.4) is 0 Å². The van der Waals surface area contributed by atoms with Crippen LogP contribution in [-0.2, 0) is 0 Å². The van der Waals surface area contributed by atoms with E-state index in [2.05, 4.69) is 4.98 Å². The topological polar surface area (TPSA) is 59.1 Å². The maximum Gasteiger partial charge on any atom is 0.0826 e. The van der Waals surface area contributed by atoms with Crippen LogP contribution in [0, 0.1) is 0 Å². The van der Waals surface area contributed by atoms with Gasteiger partial charge in [-0.25, -0.2) is 0 Å². The Morgan fingerprint density at radius 1 is 1.58 bits per heavy atom. The second kappa shape index (κ2) is 3.39. The molecule has 1 aliphatic carbocycles. The van der Waals surface area contributed by atoms with Crippen molar-refractivity contribution in [2.45, 2.75) is 18.6 Å². The molecular formula is C8H11ClN2O. The molecule has 2 atom stereocenters. The summed E-state index contributed by atoms with van der Waals surface area (Å²) in [7, 11) is 0. The number of nitrogens with zero attached hydrogens (tertiary/aromatic N) is 1. The minimum absolute atomic E-state index is 0. The molecule has 1 heterocycles. The third kappa shape index (κ3) is 1.31. The fourth-order valence-corrected chi connectivity index (χ4v) is 1.50. The van der Waals surface area contributed by atoms with E-state index >= 15 is 0 Å². The molecule has 2 rings (SSSR count). The van der Waals surface area contributed by atoms with E-state index in [1.807, 2.05) is 12.1 Å². The second-order valence-electron chi connectivity index (χ2n) is 2.84. The molecule has 3 nitrogen and oxygen atoms in total. The van der Waals surface area contributed by atoms with Crippen molar-refractivity contribution in [1.29, 1.82) is 0 Å². The Labute approximate surface area is 77.0 Å². The number of aliphatic hydroxyl groups is 1. The first-order chi connectivity index (χ1) is 5.29. The largest absolute Gasteiger partial charge is 0.388 e. The second-order valence-corrected chi connectivity index (χ2v) is 2.84. The highest BCUT2D eigenvalue weighted by molar-refractivity contribution is 5.85. The minimum atomic E-state index is -0.409. The lowest BCUT2D eigenvalue weighted by Gasteiger charge is -2.00. The lowest BCUT2D eigenvalue weighted by atomic mass is 10.2. The summed E-state index contributed by atoms with van der Waals surface area (Å²) in [5.41, 5.74) is 7.45. The summed E-state index contributed by atoms with van der Waals surface area (Å²) in [5.74, 6) is 0. The molecule has 66 valence electrons. The number of hydrogen-bond acceptors (Lipinski definition) is 3. The number of hydrogen-bond donors (Lipinski definition) is 2. The monoisotopic (exact) mass is 186 g/mol. The van der Waals surface area contributed by atoms with Gasteiger partial charge in [0, 0.05) is 11.8 Å². The Hall–Kier alpha value is -0.640. The maximum atomic E-state index is 9.43. The summed E-state index contributed by atoms with van der Waals surface area (Å²) in [6.07, 6.45) is 1.90. The Bertz CT molecular complexity index is 253. The normalized spacial score (nSPS) is 26.2. The van der Waals surface area contributed by atoms with Crippen LogP contribution >= 0.6 is 12.4 Å². The predicted octanol–water partition coefficient (Wildman–Crippen LogP) is 0.940. The number of rotatable bonds is 0. The molecule has 0 bridgehead atoms. The summed E-state index contributed by atoms with van der Waals surface area (Å²) in [6, 6.07) is 3.61. The molecule has 0 radical (unpaired) electrons. The first-order valence-corrected chi connectivity index (χ1v) is 3.67. The van der Waals surface area contributed by atoms with Crippen molar-refractivity contribution >= 4 is 12.4 Å². The lowest BCUT2D eigenvalue weighted by molar-refractivity contribution is 0.173. The molecule has 0 spiro atoms. The number of fused-ring (bicyclic) bond motifs is 1. The van der Waals surface area contributed by atoms with Gasteiger partial charge in [0.1, 0.15) is 0 Å². The zero-order valence-corrected chi connectivity index (χ0v) is 7.29. The molecule has 0 saturated carbocycles. The van der Waals surface area contributed by atoms with Crippen LogP contribution in [0.1, 0.15) is 29.8 Å². The fraction of sp³-hybridized carbons (Fsp3) is 0.375. The highest BCUT2D eigenvalue weighted by Gasteiger charge is 2.27. The van der Waals surface area contributed by atoms with Crippen molar-refractivity contribution in [2.24, 2.45) is 5.73 Å². The molecule has 12 heavy (non-hydrogen) atoms. The molecular weight excluding hydrogens is 176 g/mol. The Balaban J connectivity index is 0.000000720. The van der Waals surface area contributed by atoms with Crippen LogP contribution in [0.2, 0.25) is 0 Å². The molecule has 0 aliphatic heterocycles. The summed E-state index contributed by atoms with van der Waals surface area (Å²) in [5, 5.41) is 9.43. The van der Waals surface area contributed by atoms with Crippen LogP contribution in [0.4, 0.5) is 0 Å². The van der Waals surface area contributed by atoms with Gasteiger partial charge in [0.15, 0.2) is 0 Å². The lowest BCUT2D eigenvalue weighted by Crippen LogP contribution is -2.06. The molecule has 1 aromatic heterocycles. The van der Waals surface area contributed by atoms with Gasteiger partial charge in [-0.15, -0.1) is 12.4 Å². The average Bonchev–Trinajstić information content (AvgIpc) is 2.30. The number of nitrogens with two attached hydrogens (primary N) is 1. The van der Waals surface area contributed by atoms with Gasteiger partial charge in [0.2, 0.25) is 0 Å². The van der Waals surface area contributed by atoms with Gasteiger partial charge in [-0.2, -0.15) is 0 Å². The molecule has 3 N–H and O–H groups in total. The number of aliphatic hydroxyl groups excluding tert-OH is 1. The van der Waals surface area contributed by atoms with Crippen molar-refractivity contribution in [1.82, 2.24) is 4.98 Å². The fourth-order valence-electron chi connectivity index (χ4n) is 1.50. The molecule has 0 aromatic carbocycles. The SMILES string of the molecule is Cl.NC1CC(O)c2cccnc21. The predicted molar refractivity (Wildman–Crippen MR) is 48.0 cm³/mol. The van der Waals surface area contributed by atoms with Crippen molar-refractivity contribution in [3.05, 3.63) is 29.6 Å². The van der Waals surface area contributed by atoms with Crippen LogP contribution in [-0.4, -0.2) is 10.1 Å². The van der Waals surface area contributed by atoms with E-state index in [1.165, 1.54) is 0 Å². The zero-order valence-electron chi connectivity index (χ0n) is 6.47. The van der Waals surface area contributed by atoms with Gasteiger partial charge in [-0.3, -0.25) is 4.98 Å². The molecule has 1 aromatic rings. The Morgan fingerprint density at radius 3 is 3.00 bits per heavy atom. The van der Waals surface area contributed by atoms with Crippen molar-refractivity contribution < 1.29 is 5.11 Å². The summed E-state index contributed by atoms with van der Waals surface area (Å²) < 4.78 is 0. The van der Waals surface area contributed by atoms with Crippen LogP contribution in [0.25, 0.3) is 0 Å². The van der Waals surface area contributed by atoms with E-state index in [0.717, 1.165) is 11.3 Å². The third-order valence-electron chi connectivity index (χ3n) is 2.06. The highest BCUT2D eigenvalue weighted by atomic mass is 35.5. The minimum Gasteiger partial charge on any atom is -0.388 e. The van der Waals surface area contributed by atoms with Crippen molar-refractivity contribution in [3.8, 4) is 0 Å². The van der Waals surface area contributed by atoms with Crippen LogP contribution < -0.4 is 5.73 Å². The van der Waals surface area contributed by atoms with Gasteiger partial charge in [0.25, 0.3) is 0 Å². The summed E-state index contributed by atoms with van der Waals surface area (Å²) in [4.78, 5) is 4.11. The van der Waals surface area contributed by atoms with E-state index < -0.39 is 6.10 Å². The molecule has 0 amide bonds. The Kier molecular flexibility index (Phi) is 2.67. The standard InChI is InChI=1S/C8H10N2O.ClH/c9-6-4-7(11)5-2-1-3-10-8(5)6;/h1-3,6-7,11H,4,9H2;1H. The molecule has 0 fully saturated rings. The van der Waals surface area contributed by atoms with E-state index in [1.54, 1.807) is 6.20 Å². The quantitative estimate of drug-likeness (QED) is 0.634. The van der Waals surface area contributed by atoms with Crippen molar-refractivity contribution in [3.63, 3.8) is 0 Å². The molecule has 0 saturated heterocycles. The van der Waals surface area contributed by atoms with Gasteiger partial charge in [-0.05, 0) is 12.5 Å². The van der Waals surface area contributed by atoms with Gasteiger partial charge >= 0.3 is 0 Å². The summed E-state index contributed by atoms with van der Waals surface area (Å²) >= 11 is 0. The maximum absolute atomic E-state index is 9.43. The first kappa shape index (κ1) is 9.45. The smallest absolute Gasteiger partial charge is 0.0826 e. The average molecular weight is 187 g/mol. The van der Waals surface area contributed by atoms with E-state index in [4.69, 9.17) is 5.73 Å². The van der Waals surface area contributed by atoms with Gasteiger partial charge < -0.3 is 10.8 Å². The van der Waals surface area contributed by atoms with E-state index in [0.29, 0.717) is 6.42 Å².